The van der Waals surface area contributed by atoms with Crippen LogP contribution in [0.2, 0.25) is 5.02 Å². The van der Waals surface area contributed by atoms with Crippen molar-refractivity contribution in [3.05, 3.63) is 40.2 Å². The maximum Gasteiger partial charge on any atom is 0.320 e. The third kappa shape index (κ3) is 5.34. The van der Waals surface area contributed by atoms with E-state index < -0.39 is 17.7 Å². The number of urea groups is 1. The highest BCUT2D eigenvalue weighted by atomic mass is 35.5. The molecule has 3 atom stereocenters. The number of ether oxygens (including phenoxy) is 3. The lowest BCUT2D eigenvalue weighted by Gasteiger charge is -2.43. The van der Waals surface area contributed by atoms with E-state index >= 15 is 4.39 Å². The van der Waals surface area contributed by atoms with Crippen molar-refractivity contribution in [1.82, 2.24) is 25.1 Å². The minimum atomic E-state index is -0.829. The van der Waals surface area contributed by atoms with Gasteiger partial charge >= 0.3 is 12.0 Å². The first-order valence-electron chi connectivity index (χ1n) is 16.5. The number of fused-ring (bicyclic) bond motifs is 1. The van der Waals surface area contributed by atoms with Gasteiger partial charge in [0.15, 0.2) is 11.6 Å². The van der Waals surface area contributed by atoms with Crippen LogP contribution in [-0.2, 0) is 0 Å². The number of nitrogens with one attached hydrogen (secondary N) is 1. The van der Waals surface area contributed by atoms with E-state index in [-0.39, 0.29) is 102 Å². The fourth-order valence-electron chi connectivity index (χ4n) is 7.31. The molecule has 4 aliphatic rings. The second-order valence-electron chi connectivity index (χ2n) is 13.3. The van der Waals surface area contributed by atoms with Crippen LogP contribution >= 0.6 is 22.9 Å². The number of nitrogens with zero attached hydrogens (tertiary/aromatic N) is 5. The van der Waals surface area contributed by atoms with Gasteiger partial charge in [0, 0.05) is 42.0 Å². The van der Waals surface area contributed by atoms with Crippen molar-refractivity contribution in [2.45, 2.75) is 63.3 Å². The Labute approximate surface area is 290 Å². The van der Waals surface area contributed by atoms with Crippen molar-refractivity contribution in [3.8, 4) is 28.8 Å². The molecule has 0 radical (unpaired) electrons. The number of thiophene rings is 1. The van der Waals surface area contributed by atoms with Gasteiger partial charge in [0.25, 0.3) is 0 Å². The topological polar surface area (TPSA) is 119 Å². The summed E-state index contributed by atoms with van der Waals surface area (Å²) in [6, 6.07) is 2.75. The van der Waals surface area contributed by atoms with Crippen molar-refractivity contribution in [3.63, 3.8) is 0 Å². The first kappa shape index (κ1) is 32.0. The van der Waals surface area contributed by atoms with Gasteiger partial charge in [0.2, 0.25) is 11.6 Å². The van der Waals surface area contributed by atoms with Gasteiger partial charge in [-0.05, 0) is 64.3 Å². The highest BCUT2D eigenvalue weighted by molar-refractivity contribution is 7.23. The number of likely N-dealkylation sites (tertiary alicyclic amines) is 2. The van der Waals surface area contributed by atoms with Crippen molar-refractivity contribution >= 4 is 60.6 Å². The fraction of sp³-hybridized carbons (Fsp3) is 0.471. The van der Waals surface area contributed by atoms with Gasteiger partial charge < -0.3 is 30.2 Å². The molecule has 5 heterocycles. The minimum Gasteiger partial charge on any atom is -0.487 e. The van der Waals surface area contributed by atoms with Crippen LogP contribution in [0.15, 0.2) is 12.1 Å². The van der Waals surface area contributed by atoms with E-state index in [1.54, 1.807) is 4.90 Å². The van der Waals surface area contributed by atoms with Crippen LogP contribution in [0.5, 0.6) is 17.6 Å². The Morgan fingerprint density at radius 2 is 2.02 bits per heavy atom. The Balaban J connectivity index is 1.22. The molecule has 3 N–H and O–H groups in total. The molecular formula is C34H34ClF2N7O4S. The van der Waals surface area contributed by atoms with Crippen LogP contribution in [0.3, 0.4) is 0 Å². The summed E-state index contributed by atoms with van der Waals surface area (Å²) < 4.78 is 51.2. The maximum atomic E-state index is 17.0. The van der Waals surface area contributed by atoms with Gasteiger partial charge in [-0.3, -0.25) is 4.90 Å². The number of hydrogen-bond acceptors (Lipinski definition) is 9. The lowest BCUT2D eigenvalue weighted by molar-refractivity contribution is 0.00735. The average molecular weight is 710 g/mol. The van der Waals surface area contributed by atoms with Crippen molar-refractivity contribution in [1.29, 1.82) is 0 Å². The summed E-state index contributed by atoms with van der Waals surface area (Å²) in [6.07, 6.45) is 4.21. The number of benzene rings is 2. The molecule has 0 bridgehead atoms. The third-order valence-electron chi connectivity index (χ3n) is 10.3. The van der Waals surface area contributed by atoms with Crippen LogP contribution in [0.1, 0.15) is 39.0 Å². The molecule has 15 heteroatoms. The normalized spacial score (nSPS) is 21.8. The predicted molar refractivity (Wildman–Crippen MR) is 183 cm³/mol. The number of aromatic nitrogens is 2. The molecule has 256 valence electrons. The number of carbonyl (C=O) groups is 1. The summed E-state index contributed by atoms with van der Waals surface area (Å²) in [6.45, 7) is 11.5. The molecule has 2 saturated heterocycles. The average Bonchev–Trinajstić information content (AvgIpc) is 3.55. The van der Waals surface area contributed by atoms with E-state index in [1.165, 1.54) is 12.1 Å². The molecule has 3 fully saturated rings. The molecule has 1 saturated carbocycles. The van der Waals surface area contributed by atoms with Gasteiger partial charge in [-0.2, -0.15) is 9.97 Å². The number of anilines is 1. The Bertz CT molecular complexity index is 2050. The van der Waals surface area contributed by atoms with E-state index in [0.29, 0.717) is 13.1 Å². The van der Waals surface area contributed by atoms with E-state index in [0.717, 1.165) is 50.0 Å². The number of halogens is 3. The quantitative estimate of drug-likeness (QED) is 0.211. The molecule has 2 aromatic carbocycles. The summed E-state index contributed by atoms with van der Waals surface area (Å²) in [7, 11) is 2.03. The van der Waals surface area contributed by atoms with Gasteiger partial charge in [-0.1, -0.05) is 17.7 Å². The van der Waals surface area contributed by atoms with Crippen LogP contribution in [-0.4, -0.2) is 83.4 Å². The monoisotopic (exact) mass is 709 g/mol. The molecular weight excluding hydrogens is 676 g/mol. The molecule has 4 aromatic rings. The third-order valence-corrected chi connectivity index (χ3v) is 11.7. The number of nitrogens with two attached hydrogens (primary N) is 1. The molecule has 49 heavy (non-hydrogen) atoms. The summed E-state index contributed by atoms with van der Waals surface area (Å²) in [5, 5.41) is 3.37. The molecule has 2 amide bonds. The number of hydrogen-bond donors (Lipinski definition) is 2. The first-order chi connectivity index (χ1) is 23.6. The van der Waals surface area contributed by atoms with Crippen molar-refractivity contribution < 1.29 is 27.8 Å². The van der Waals surface area contributed by atoms with Crippen LogP contribution < -0.4 is 25.3 Å². The van der Waals surface area contributed by atoms with E-state index in [2.05, 4.69) is 25.0 Å². The van der Waals surface area contributed by atoms with Gasteiger partial charge in [0.05, 0.1) is 21.3 Å². The van der Waals surface area contributed by atoms with Crippen molar-refractivity contribution in [2.24, 2.45) is 5.92 Å². The van der Waals surface area contributed by atoms with Crippen LogP contribution in [0.4, 0.5) is 24.3 Å². The summed E-state index contributed by atoms with van der Waals surface area (Å²) in [5.74, 6) is -1.35. The number of rotatable bonds is 6. The smallest absolute Gasteiger partial charge is 0.320 e. The maximum absolute atomic E-state index is 17.0. The fourth-order valence-corrected chi connectivity index (χ4v) is 8.58. The van der Waals surface area contributed by atoms with Gasteiger partial charge in [0.1, 0.15) is 35.5 Å². The highest BCUT2D eigenvalue weighted by Crippen LogP contribution is 2.52. The van der Waals surface area contributed by atoms with E-state index in [9.17, 15) is 9.18 Å². The first-order valence-corrected chi connectivity index (χ1v) is 17.6. The Morgan fingerprint density at radius 1 is 1.22 bits per heavy atom. The zero-order valence-electron chi connectivity index (χ0n) is 26.9. The molecule has 8 rings (SSSR count). The second-order valence-corrected chi connectivity index (χ2v) is 14.7. The number of carbonyl (C=O) groups excluding carboxylic acids is 1. The van der Waals surface area contributed by atoms with Crippen molar-refractivity contribution in [2.75, 3.05) is 39.0 Å². The Morgan fingerprint density at radius 3 is 2.71 bits per heavy atom. The summed E-state index contributed by atoms with van der Waals surface area (Å²) >= 11 is 7.92. The lowest BCUT2D eigenvalue weighted by atomic mass is 9.92. The lowest BCUT2D eigenvalue weighted by Crippen LogP contribution is -2.60. The number of nitrogen functional groups attached to an aromatic ring is 1. The molecule has 0 spiro atoms. The summed E-state index contributed by atoms with van der Waals surface area (Å²) in [5.41, 5.74) is 6.03. The molecule has 1 aliphatic carbocycles. The van der Waals surface area contributed by atoms with Crippen LogP contribution in [0, 0.1) is 24.1 Å². The zero-order valence-corrected chi connectivity index (χ0v) is 28.5. The molecule has 2 aromatic heterocycles. The molecule has 1 unspecified atom stereocenters. The zero-order chi connectivity index (χ0) is 34.1. The molecule has 3 aliphatic heterocycles. The Kier molecular flexibility index (Phi) is 8.04. The summed E-state index contributed by atoms with van der Waals surface area (Å²) in [4.78, 5) is 29.4. The standard InChI is InChI=1S/C34H34ClF2N7O4S/c1-15(20-8-5-11-43(20)3)47-33-41-27-24-29(25(35)22(26(27)37)18-9-10-19(36)30-23(18)28(39-2)31(38)49-30)46-14-21(48-32(24)42-33)16-12-44(13-16)34(45)40-17-6-4-7-17/h9-10,15-17,20-21H,4-8,11-14,38H2,1,3H3,(H,40,45)/t15-,20-,21?/m0/s1. The highest BCUT2D eigenvalue weighted by Gasteiger charge is 2.42. The minimum absolute atomic E-state index is 0.0121. The van der Waals surface area contributed by atoms with E-state index in [1.807, 2.05) is 14.0 Å². The van der Waals surface area contributed by atoms with Crippen LogP contribution in [0.25, 0.3) is 37.0 Å². The second kappa shape index (κ2) is 12.3. The largest absolute Gasteiger partial charge is 0.487 e. The predicted octanol–water partition coefficient (Wildman–Crippen LogP) is 6.77. The Hall–Kier alpha value is -4.19. The molecule has 11 nitrogen and oxygen atoms in total. The van der Waals surface area contributed by atoms with Gasteiger partial charge in [-0.25, -0.2) is 18.4 Å². The SMILES string of the molecule is [C-]#[N+]c1c(N)sc2c(F)ccc(-c3c(Cl)c4c5c(nc(O[C@@H](C)[C@@H]6CCCN6C)nc5c3F)OC(C3CN(C(=O)NC5CCC5)C3)CO4)c12. The van der Waals surface area contributed by atoms with Gasteiger partial charge in [-0.15, -0.1) is 11.3 Å². The van der Waals surface area contributed by atoms with E-state index in [4.69, 9.17) is 38.1 Å². The number of amides is 2. The number of likely N-dealkylation sites (N-methyl/N-ethyl adjacent to an activating group) is 1.